The average molecular weight is 401 g/mol. The summed E-state index contributed by atoms with van der Waals surface area (Å²) < 4.78 is 11.2. The Kier molecular flexibility index (Phi) is 6.25. The maximum atomic E-state index is 12.4. The Hall–Kier alpha value is -2.83. The van der Waals surface area contributed by atoms with Crippen LogP contribution in [-0.2, 0) is 22.4 Å². The van der Waals surface area contributed by atoms with Crippen LogP contribution in [0.5, 0.6) is 5.75 Å². The highest BCUT2D eigenvalue weighted by Gasteiger charge is 2.28. The van der Waals surface area contributed by atoms with E-state index in [9.17, 15) is 19.5 Å². The van der Waals surface area contributed by atoms with Gasteiger partial charge in [0.15, 0.2) is 6.10 Å². The third-order valence-corrected chi connectivity index (χ3v) is 5.65. The first-order chi connectivity index (χ1) is 13.8. The SMILES string of the molecule is CC[C@H](C)[C@H](NC(=O)C(C)Oc1ccc2c3c(c(=O)oc2c1)CCCC3)C(=O)O. The topological polar surface area (TPSA) is 106 Å². The molecule has 1 aromatic carbocycles. The van der Waals surface area contributed by atoms with Gasteiger partial charge in [-0.1, -0.05) is 20.3 Å². The van der Waals surface area contributed by atoms with Crippen molar-refractivity contribution in [3.05, 3.63) is 39.7 Å². The van der Waals surface area contributed by atoms with Gasteiger partial charge < -0.3 is 19.6 Å². The van der Waals surface area contributed by atoms with Gasteiger partial charge in [-0.3, -0.25) is 4.79 Å². The second-order valence-electron chi connectivity index (χ2n) is 7.68. The highest BCUT2D eigenvalue weighted by Crippen LogP contribution is 2.29. The monoisotopic (exact) mass is 401 g/mol. The molecule has 156 valence electrons. The molecular weight excluding hydrogens is 374 g/mol. The second-order valence-corrected chi connectivity index (χ2v) is 7.68. The van der Waals surface area contributed by atoms with Gasteiger partial charge in [-0.05, 0) is 56.2 Å². The molecule has 2 aromatic rings. The summed E-state index contributed by atoms with van der Waals surface area (Å²) in [5.41, 5.74) is 1.92. The highest BCUT2D eigenvalue weighted by atomic mass is 16.5. The predicted molar refractivity (Wildman–Crippen MR) is 108 cm³/mol. The van der Waals surface area contributed by atoms with E-state index in [1.165, 1.54) is 0 Å². The van der Waals surface area contributed by atoms with Crippen LogP contribution in [0.1, 0.15) is 51.2 Å². The maximum absolute atomic E-state index is 12.4. The molecule has 3 atom stereocenters. The molecule has 2 N–H and O–H groups in total. The third-order valence-electron chi connectivity index (χ3n) is 5.65. The van der Waals surface area contributed by atoms with Crippen LogP contribution in [0.3, 0.4) is 0 Å². The lowest BCUT2D eigenvalue weighted by Gasteiger charge is -2.22. The van der Waals surface area contributed by atoms with Gasteiger partial charge in [0.2, 0.25) is 0 Å². The zero-order valence-corrected chi connectivity index (χ0v) is 17.0. The number of carboxylic acids is 1. The number of nitrogens with one attached hydrogen (secondary N) is 1. The number of fused-ring (bicyclic) bond motifs is 3. The summed E-state index contributed by atoms with van der Waals surface area (Å²) in [6, 6.07) is 4.23. The van der Waals surface area contributed by atoms with Crippen LogP contribution in [0.25, 0.3) is 11.0 Å². The van der Waals surface area contributed by atoms with E-state index in [-0.39, 0.29) is 11.5 Å². The van der Waals surface area contributed by atoms with Crippen LogP contribution in [0.2, 0.25) is 0 Å². The van der Waals surface area contributed by atoms with E-state index >= 15 is 0 Å². The second kappa shape index (κ2) is 8.68. The molecule has 0 spiro atoms. The fourth-order valence-corrected chi connectivity index (χ4v) is 3.71. The first-order valence-electron chi connectivity index (χ1n) is 10.1. The van der Waals surface area contributed by atoms with Crippen LogP contribution in [0, 0.1) is 5.92 Å². The minimum atomic E-state index is -1.07. The number of rotatable bonds is 7. The number of amides is 1. The van der Waals surface area contributed by atoms with Crippen molar-refractivity contribution in [2.24, 2.45) is 5.92 Å². The molecule has 1 aliphatic rings. The smallest absolute Gasteiger partial charge is 0.339 e. The first-order valence-corrected chi connectivity index (χ1v) is 10.1. The molecular formula is C22H27NO6. The number of carbonyl (C=O) groups is 2. The molecule has 1 heterocycles. The minimum Gasteiger partial charge on any atom is -0.481 e. The van der Waals surface area contributed by atoms with Gasteiger partial charge in [0.25, 0.3) is 5.91 Å². The van der Waals surface area contributed by atoms with E-state index in [4.69, 9.17) is 9.15 Å². The van der Waals surface area contributed by atoms with E-state index in [0.29, 0.717) is 17.8 Å². The lowest BCUT2D eigenvalue weighted by molar-refractivity contribution is -0.144. The fraction of sp³-hybridized carbons (Fsp3) is 0.500. The predicted octanol–water partition coefficient (Wildman–Crippen LogP) is 3.05. The Morgan fingerprint density at radius 1 is 1.21 bits per heavy atom. The summed E-state index contributed by atoms with van der Waals surface area (Å²) in [6.07, 6.45) is 3.35. The molecule has 29 heavy (non-hydrogen) atoms. The summed E-state index contributed by atoms with van der Waals surface area (Å²) in [5.74, 6) is -1.40. The van der Waals surface area contributed by atoms with Gasteiger partial charge in [0, 0.05) is 17.0 Å². The first kappa shape index (κ1) is 20.9. The van der Waals surface area contributed by atoms with Gasteiger partial charge in [0.1, 0.15) is 17.4 Å². The Labute approximate surface area is 169 Å². The van der Waals surface area contributed by atoms with Crippen molar-refractivity contribution in [1.29, 1.82) is 0 Å². The number of carbonyl (C=O) groups excluding carboxylic acids is 1. The van der Waals surface area contributed by atoms with Crippen molar-refractivity contribution < 1.29 is 23.8 Å². The molecule has 0 fully saturated rings. The summed E-state index contributed by atoms with van der Waals surface area (Å²) in [6.45, 7) is 5.20. The zero-order chi connectivity index (χ0) is 21.1. The third kappa shape index (κ3) is 4.44. The molecule has 1 aromatic heterocycles. The zero-order valence-electron chi connectivity index (χ0n) is 17.0. The summed E-state index contributed by atoms with van der Waals surface area (Å²) in [4.78, 5) is 36.1. The van der Waals surface area contributed by atoms with Gasteiger partial charge in [-0.15, -0.1) is 0 Å². The Morgan fingerprint density at radius 3 is 2.55 bits per heavy atom. The van der Waals surface area contributed by atoms with Gasteiger partial charge in [-0.2, -0.15) is 0 Å². The Balaban J connectivity index is 1.78. The standard InChI is InChI=1S/C22H27NO6/c1-4-12(2)19(21(25)26)23-20(24)13(3)28-14-9-10-16-15-7-5-6-8-17(15)22(27)29-18(16)11-14/h9-13,19H,4-8H2,1-3H3,(H,23,24)(H,25,26)/t12-,13?,19-/m0/s1. The molecule has 0 aliphatic heterocycles. The van der Waals surface area contributed by atoms with E-state index in [1.807, 2.05) is 13.0 Å². The van der Waals surface area contributed by atoms with E-state index in [1.54, 1.807) is 26.0 Å². The number of carboxylic acid groups (broad SMARTS) is 1. The number of ether oxygens (including phenoxy) is 1. The van der Waals surface area contributed by atoms with E-state index in [2.05, 4.69) is 5.32 Å². The highest BCUT2D eigenvalue weighted by molar-refractivity contribution is 5.87. The number of benzene rings is 1. The Morgan fingerprint density at radius 2 is 1.90 bits per heavy atom. The fourth-order valence-electron chi connectivity index (χ4n) is 3.71. The van der Waals surface area contributed by atoms with Crippen molar-refractivity contribution in [3.8, 4) is 5.75 Å². The molecule has 0 radical (unpaired) electrons. The molecule has 1 aliphatic carbocycles. The summed E-state index contributed by atoms with van der Waals surface area (Å²) in [5, 5.41) is 12.8. The molecule has 7 nitrogen and oxygen atoms in total. The normalized spacial score (nSPS) is 16.5. The van der Waals surface area contributed by atoms with E-state index in [0.717, 1.165) is 42.2 Å². The minimum absolute atomic E-state index is 0.204. The molecule has 7 heteroatoms. The lowest BCUT2D eigenvalue weighted by Crippen LogP contribution is -2.49. The molecule has 0 bridgehead atoms. The number of aryl methyl sites for hydroxylation is 1. The van der Waals surface area contributed by atoms with Gasteiger partial charge in [0.05, 0.1) is 0 Å². The van der Waals surface area contributed by atoms with Crippen LogP contribution in [0.15, 0.2) is 27.4 Å². The molecule has 0 saturated heterocycles. The van der Waals surface area contributed by atoms with Crippen LogP contribution in [0.4, 0.5) is 0 Å². The largest absolute Gasteiger partial charge is 0.481 e. The maximum Gasteiger partial charge on any atom is 0.339 e. The summed E-state index contributed by atoms with van der Waals surface area (Å²) in [7, 11) is 0. The van der Waals surface area contributed by atoms with Crippen LogP contribution < -0.4 is 15.7 Å². The van der Waals surface area contributed by atoms with Gasteiger partial charge in [-0.25, -0.2) is 9.59 Å². The number of aliphatic carboxylic acids is 1. The molecule has 1 amide bonds. The van der Waals surface area contributed by atoms with Crippen LogP contribution in [-0.4, -0.2) is 29.1 Å². The van der Waals surface area contributed by atoms with Crippen molar-refractivity contribution in [2.75, 3.05) is 0 Å². The van der Waals surface area contributed by atoms with Gasteiger partial charge >= 0.3 is 11.6 Å². The average Bonchev–Trinajstić information content (AvgIpc) is 2.71. The van der Waals surface area contributed by atoms with Crippen molar-refractivity contribution in [1.82, 2.24) is 5.32 Å². The lowest BCUT2D eigenvalue weighted by atomic mass is 9.91. The van der Waals surface area contributed by atoms with Crippen molar-refractivity contribution >= 4 is 22.8 Å². The molecule has 0 saturated carbocycles. The van der Waals surface area contributed by atoms with Crippen molar-refractivity contribution in [2.45, 2.75) is 65.0 Å². The molecule has 1 unspecified atom stereocenters. The Bertz CT molecular complexity index is 979. The summed E-state index contributed by atoms with van der Waals surface area (Å²) >= 11 is 0. The number of hydrogen-bond donors (Lipinski definition) is 2. The molecule has 3 rings (SSSR count). The van der Waals surface area contributed by atoms with Crippen molar-refractivity contribution in [3.63, 3.8) is 0 Å². The van der Waals surface area contributed by atoms with E-state index < -0.39 is 24.0 Å². The van der Waals surface area contributed by atoms with Crippen LogP contribution >= 0.6 is 0 Å². The number of hydrogen-bond acceptors (Lipinski definition) is 5. The quantitative estimate of drug-likeness (QED) is 0.691.